The number of fused-ring (bicyclic) bond motifs is 6. The average molecular weight is 684 g/mol. The molecular formula is C48H33N3O2. The van der Waals surface area contributed by atoms with E-state index in [9.17, 15) is 0 Å². The van der Waals surface area contributed by atoms with Crippen molar-refractivity contribution in [3.8, 4) is 90.5 Å². The van der Waals surface area contributed by atoms with E-state index in [1.165, 1.54) is 16.7 Å². The minimum absolute atomic E-state index is 0.139. The van der Waals surface area contributed by atoms with Gasteiger partial charge in [0.05, 0.1) is 0 Å². The number of hydrogen-bond donors (Lipinski definition) is 0. The van der Waals surface area contributed by atoms with Crippen molar-refractivity contribution in [2.45, 2.75) is 19.3 Å². The molecule has 0 amide bonds. The van der Waals surface area contributed by atoms with Crippen molar-refractivity contribution in [1.82, 2.24) is 15.0 Å². The zero-order chi connectivity index (χ0) is 35.5. The highest BCUT2D eigenvalue weighted by Gasteiger charge is 2.39. The summed E-state index contributed by atoms with van der Waals surface area (Å²) in [6.45, 7) is 4.55. The molecule has 1 aliphatic heterocycles. The molecular weight excluding hydrogens is 651 g/mol. The van der Waals surface area contributed by atoms with Gasteiger partial charge in [-0.3, -0.25) is 0 Å². The quantitative estimate of drug-likeness (QED) is 0.181. The number of rotatable bonds is 5. The van der Waals surface area contributed by atoms with Gasteiger partial charge in [-0.15, -0.1) is 0 Å². The highest BCUT2D eigenvalue weighted by Crippen LogP contribution is 2.59. The summed E-state index contributed by atoms with van der Waals surface area (Å²) >= 11 is 0. The SMILES string of the molecule is CC1(C)c2ccccc2-c2c1ccc1c2Oc2c(cccc2-c2ccc(-c3nc(-c4ccccc4)nc(-c4cccc(-c5ccccc5)c4)n3)cc2)O1. The van der Waals surface area contributed by atoms with Gasteiger partial charge in [-0.25, -0.2) is 15.0 Å². The summed E-state index contributed by atoms with van der Waals surface area (Å²) in [6, 6.07) is 56.0. The lowest BCUT2D eigenvalue weighted by molar-refractivity contribution is 0.361. The Labute approximate surface area is 308 Å². The Hall–Kier alpha value is -6.85. The molecule has 0 unspecified atom stereocenters. The summed E-state index contributed by atoms with van der Waals surface area (Å²) in [5, 5.41) is 0. The highest BCUT2D eigenvalue weighted by molar-refractivity contribution is 5.89. The standard InChI is InChI=1S/C48H33N3O2/c1-48(2)38-21-10-9-19-37(38)42-39(48)27-28-41-44(42)53-43-36(20-12-22-40(43)52-41)31-23-25-33(26-24-31)46-49-45(32-15-7-4-8-16-32)50-47(51-46)35-18-11-17-34(29-35)30-13-5-3-6-14-30/h3-29H,1-2H3. The van der Waals surface area contributed by atoms with E-state index in [0.717, 1.165) is 56.0 Å². The maximum atomic E-state index is 6.88. The van der Waals surface area contributed by atoms with Gasteiger partial charge >= 0.3 is 0 Å². The van der Waals surface area contributed by atoms with Crippen LogP contribution in [0.5, 0.6) is 23.0 Å². The molecule has 0 spiro atoms. The Morgan fingerprint density at radius 3 is 1.68 bits per heavy atom. The van der Waals surface area contributed by atoms with Crippen LogP contribution >= 0.6 is 0 Å². The molecule has 8 aromatic rings. The lowest BCUT2D eigenvalue weighted by Crippen LogP contribution is -2.15. The third-order valence-electron chi connectivity index (χ3n) is 10.4. The van der Waals surface area contributed by atoms with Crippen LogP contribution in [0, 0.1) is 0 Å². The number of nitrogens with zero attached hydrogens (tertiary/aromatic N) is 3. The molecule has 0 bridgehead atoms. The van der Waals surface area contributed by atoms with Crippen LogP contribution < -0.4 is 9.47 Å². The molecule has 0 saturated carbocycles. The topological polar surface area (TPSA) is 57.1 Å². The largest absolute Gasteiger partial charge is 0.449 e. The van der Waals surface area contributed by atoms with E-state index < -0.39 is 0 Å². The lowest BCUT2D eigenvalue weighted by Gasteiger charge is -2.26. The van der Waals surface area contributed by atoms with E-state index in [1.807, 2.05) is 54.6 Å². The maximum absolute atomic E-state index is 6.88. The van der Waals surface area contributed by atoms with Crippen LogP contribution in [0.2, 0.25) is 0 Å². The van der Waals surface area contributed by atoms with Crippen LogP contribution in [-0.4, -0.2) is 15.0 Å². The first-order chi connectivity index (χ1) is 26.0. The van der Waals surface area contributed by atoms with E-state index in [2.05, 4.69) is 123 Å². The van der Waals surface area contributed by atoms with Crippen LogP contribution in [0.4, 0.5) is 0 Å². The Kier molecular flexibility index (Phi) is 7.08. The maximum Gasteiger partial charge on any atom is 0.178 e. The van der Waals surface area contributed by atoms with Crippen LogP contribution in [0.15, 0.2) is 164 Å². The smallest absolute Gasteiger partial charge is 0.178 e. The minimum atomic E-state index is -0.139. The molecule has 1 aromatic heterocycles. The van der Waals surface area contributed by atoms with E-state index in [1.54, 1.807) is 0 Å². The molecule has 0 fully saturated rings. The number of para-hydroxylation sites is 1. The number of aromatic nitrogens is 3. The Balaban J connectivity index is 1.03. The number of hydrogen-bond acceptors (Lipinski definition) is 5. The predicted molar refractivity (Wildman–Crippen MR) is 211 cm³/mol. The second kappa shape index (κ2) is 12.1. The molecule has 0 radical (unpaired) electrons. The van der Waals surface area contributed by atoms with Gasteiger partial charge < -0.3 is 9.47 Å². The molecule has 1 aliphatic carbocycles. The number of ether oxygens (including phenoxy) is 2. The second-order valence-electron chi connectivity index (χ2n) is 14.0. The van der Waals surface area contributed by atoms with Crippen molar-refractivity contribution in [3.05, 3.63) is 175 Å². The second-order valence-corrected chi connectivity index (χ2v) is 14.0. The Morgan fingerprint density at radius 2 is 0.925 bits per heavy atom. The molecule has 5 heteroatoms. The molecule has 0 N–H and O–H groups in total. The third-order valence-corrected chi connectivity index (χ3v) is 10.4. The molecule has 53 heavy (non-hydrogen) atoms. The van der Waals surface area contributed by atoms with Crippen molar-refractivity contribution in [2.75, 3.05) is 0 Å². The fourth-order valence-electron chi connectivity index (χ4n) is 7.69. The van der Waals surface area contributed by atoms with Gasteiger partial charge in [-0.1, -0.05) is 159 Å². The van der Waals surface area contributed by atoms with Crippen LogP contribution in [0.1, 0.15) is 25.0 Å². The first kappa shape index (κ1) is 30.9. The van der Waals surface area contributed by atoms with E-state index in [-0.39, 0.29) is 5.41 Å². The summed E-state index contributed by atoms with van der Waals surface area (Å²) in [4.78, 5) is 15.0. The van der Waals surface area contributed by atoms with Gasteiger partial charge in [-0.05, 0) is 51.6 Å². The molecule has 252 valence electrons. The normalized spacial score (nSPS) is 13.2. The monoisotopic (exact) mass is 683 g/mol. The Morgan fingerprint density at radius 1 is 0.377 bits per heavy atom. The average Bonchev–Trinajstić information content (AvgIpc) is 3.46. The highest BCUT2D eigenvalue weighted by atomic mass is 16.6. The molecule has 2 aliphatic rings. The number of benzene rings is 7. The summed E-state index contributed by atoms with van der Waals surface area (Å²) < 4.78 is 13.4. The fraction of sp³-hybridized carbons (Fsp3) is 0.0625. The van der Waals surface area contributed by atoms with Crippen molar-refractivity contribution in [1.29, 1.82) is 0 Å². The molecule has 10 rings (SSSR count). The summed E-state index contributed by atoms with van der Waals surface area (Å²) in [7, 11) is 0. The van der Waals surface area contributed by atoms with Gasteiger partial charge in [0.1, 0.15) is 0 Å². The zero-order valence-corrected chi connectivity index (χ0v) is 29.2. The van der Waals surface area contributed by atoms with Gasteiger partial charge in [0.2, 0.25) is 0 Å². The van der Waals surface area contributed by atoms with Crippen molar-refractivity contribution >= 4 is 0 Å². The fourth-order valence-corrected chi connectivity index (χ4v) is 7.69. The molecule has 7 aromatic carbocycles. The molecule has 2 heterocycles. The van der Waals surface area contributed by atoms with Crippen molar-refractivity contribution < 1.29 is 9.47 Å². The van der Waals surface area contributed by atoms with E-state index >= 15 is 0 Å². The predicted octanol–water partition coefficient (Wildman–Crippen LogP) is 12.4. The van der Waals surface area contributed by atoms with Gasteiger partial charge in [0, 0.05) is 33.2 Å². The third kappa shape index (κ3) is 5.20. The lowest BCUT2D eigenvalue weighted by atomic mass is 9.82. The van der Waals surface area contributed by atoms with Gasteiger partial charge in [0.25, 0.3) is 0 Å². The van der Waals surface area contributed by atoms with Crippen LogP contribution in [-0.2, 0) is 5.41 Å². The first-order valence-electron chi connectivity index (χ1n) is 17.9. The van der Waals surface area contributed by atoms with E-state index in [4.69, 9.17) is 24.4 Å². The molecule has 5 nitrogen and oxygen atoms in total. The van der Waals surface area contributed by atoms with Crippen molar-refractivity contribution in [3.63, 3.8) is 0 Å². The van der Waals surface area contributed by atoms with Gasteiger partial charge in [0.15, 0.2) is 40.5 Å². The van der Waals surface area contributed by atoms with Gasteiger partial charge in [-0.2, -0.15) is 0 Å². The summed E-state index contributed by atoms with van der Waals surface area (Å²) in [5.74, 6) is 4.73. The Bertz CT molecular complexity index is 2690. The van der Waals surface area contributed by atoms with E-state index in [0.29, 0.717) is 29.0 Å². The molecule has 0 saturated heterocycles. The summed E-state index contributed by atoms with van der Waals surface area (Å²) in [5.41, 5.74) is 11.6. The zero-order valence-electron chi connectivity index (χ0n) is 29.2. The van der Waals surface area contributed by atoms with Crippen LogP contribution in [0.25, 0.3) is 67.5 Å². The van der Waals surface area contributed by atoms with Crippen LogP contribution in [0.3, 0.4) is 0 Å². The minimum Gasteiger partial charge on any atom is -0.449 e. The summed E-state index contributed by atoms with van der Waals surface area (Å²) in [6.07, 6.45) is 0. The molecule has 0 atom stereocenters. The first-order valence-corrected chi connectivity index (χ1v) is 17.9. The van der Waals surface area contributed by atoms with Crippen molar-refractivity contribution in [2.24, 2.45) is 0 Å².